The molecule has 0 aliphatic rings. The Labute approximate surface area is 167 Å². The van der Waals surface area contributed by atoms with Gasteiger partial charge in [0, 0.05) is 0 Å². The van der Waals surface area contributed by atoms with Crippen molar-refractivity contribution >= 4 is 35.8 Å². The molecule has 0 unspecified atom stereocenters. The predicted molar refractivity (Wildman–Crippen MR) is 95.2 cm³/mol. The second kappa shape index (κ2) is 9.64. The number of carbonyl (C=O) groups is 6. The highest BCUT2D eigenvalue weighted by Gasteiger charge is 2.41. The molecule has 0 saturated heterocycles. The number of aromatic carboxylic acids is 4. The second-order valence-corrected chi connectivity index (χ2v) is 5.24. The zero-order valence-electron chi connectivity index (χ0n) is 15.0. The van der Waals surface area contributed by atoms with E-state index in [1.807, 2.05) is 0 Å². The fourth-order valence-corrected chi connectivity index (χ4v) is 2.43. The summed E-state index contributed by atoms with van der Waals surface area (Å²) < 4.78 is 9.30. The van der Waals surface area contributed by atoms with E-state index in [0.717, 1.165) is 12.2 Å². The molecule has 12 heteroatoms. The maximum absolute atomic E-state index is 12.5. The average molecular weight is 422 g/mol. The molecule has 0 fully saturated rings. The second-order valence-electron chi connectivity index (χ2n) is 5.24. The molecule has 0 radical (unpaired) electrons. The maximum Gasteiger partial charge on any atom is 0.340 e. The van der Waals surface area contributed by atoms with E-state index >= 15 is 0 Å². The number of hydrogen-bond donors (Lipinski definition) is 4. The topological polar surface area (TPSA) is 202 Å². The van der Waals surface area contributed by atoms with Gasteiger partial charge in [0.15, 0.2) is 0 Å². The molecule has 0 aromatic heterocycles. The molecule has 0 aliphatic heterocycles. The van der Waals surface area contributed by atoms with Gasteiger partial charge in [-0.25, -0.2) is 28.8 Å². The Balaban J connectivity index is 4.35. The summed E-state index contributed by atoms with van der Waals surface area (Å²) in [5.74, 6) is -11.8. The van der Waals surface area contributed by atoms with Crippen molar-refractivity contribution in [2.24, 2.45) is 0 Å². The third-order valence-corrected chi connectivity index (χ3v) is 3.43. The normalized spacial score (nSPS) is 9.87. The first-order chi connectivity index (χ1) is 14.0. The van der Waals surface area contributed by atoms with Gasteiger partial charge in [-0.05, 0) is 0 Å². The molecule has 0 atom stereocenters. The lowest BCUT2D eigenvalue weighted by Crippen LogP contribution is -2.29. The quantitative estimate of drug-likeness (QED) is 0.310. The van der Waals surface area contributed by atoms with Crippen LogP contribution >= 0.6 is 0 Å². The minimum absolute atomic E-state index is 0.523. The third-order valence-electron chi connectivity index (χ3n) is 3.43. The Hall–Kier alpha value is -4.48. The zero-order valence-corrected chi connectivity index (χ0v) is 15.0. The van der Waals surface area contributed by atoms with Crippen LogP contribution in [0.1, 0.15) is 62.1 Å². The molecule has 30 heavy (non-hydrogen) atoms. The van der Waals surface area contributed by atoms with Gasteiger partial charge in [0.1, 0.15) is 13.2 Å². The van der Waals surface area contributed by atoms with Crippen LogP contribution in [0.25, 0.3) is 0 Å². The van der Waals surface area contributed by atoms with Gasteiger partial charge in [-0.3, -0.25) is 0 Å². The standard InChI is InChI=1S/C18H14O12/c1-3-5-29-17(27)11-9(15(23)24)7(13(19)20)8(14(21)22)10(16(25)26)12(11)18(28)30-6-4-2/h3-4H,1-2,5-6H2,(H,19,20)(H,21,22)(H,23,24)(H,25,26). The molecular weight excluding hydrogens is 408 g/mol. The van der Waals surface area contributed by atoms with Crippen molar-refractivity contribution in [3.63, 3.8) is 0 Å². The molecule has 0 amide bonds. The van der Waals surface area contributed by atoms with Crippen LogP contribution in [-0.4, -0.2) is 69.5 Å². The molecule has 0 heterocycles. The number of esters is 2. The van der Waals surface area contributed by atoms with Crippen molar-refractivity contribution < 1.29 is 58.7 Å². The lowest BCUT2D eigenvalue weighted by atomic mass is 9.86. The minimum atomic E-state index is -2.17. The Bertz CT molecular complexity index is 907. The van der Waals surface area contributed by atoms with E-state index in [2.05, 4.69) is 22.6 Å². The van der Waals surface area contributed by atoms with Crippen LogP contribution in [-0.2, 0) is 9.47 Å². The molecule has 1 aromatic rings. The molecule has 0 aliphatic carbocycles. The molecule has 12 nitrogen and oxygen atoms in total. The molecule has 1 aromatic carbocycles. The lowest BCUT2D eigenvalue weighted by molar-refractivity contribution is 0.0487. The fourth-order valence-electron chi connectivity index (χ4n) is 2.43. The summed E-state index contributed by atoms with van der Waals surface area (Å²) in [5.41, 5.74) is -8.55. The maximum atomic E-state index is 12.5. The number of carboxylic acid groups (broad SMARTS) is 4. The van der Waals surface area contributed by atoms with Crippen molar-refractivity contribution in [3.8, 4) is 0 Å². The predicted octanol–water partition coefficient (Wildman–Crippen LogP) is 1.17. The number of hydrogen-bond acceptors (Lipinski definition) is 8. The van der Waals surface area contributed by atoms with Crippen molar-refractivity contribution in [2.45, 2.75) is 0 Å². The molecule has 1 rings (SSSR count). The van der Waals surface area contributed by atoms with Gasteiger partial charge in [0.25, 0.3) is 0 Å². The highest BCUT2D eigenvalue weighted by Crippen LogP contribution is 2.31. The van der Waals surface area contributed by atoms with Crippen LogP contribution in [0.4, 0.5) is 0 Å². The molecule has 0 saturated carbocycles. The van der Waals surface area contributed by atoms with Crippen molar-refractivity contribution in [2.75, 3.05) is 13.2 Å². The van der Waals surface area contributed by atoms with Crippen molar-refractivity contribution in [1.29, 1.82) is 0 Å². The summed E-state index contributed by atoms with van der Waals surface area (Å²) in [6.07, 6.45) is 2.10. The summed E-state index contributed by atoms with van der Waals surface area (Å²) in [6, 6.07) is 0. The first kappa shape index (κ1) is 23.6. The molecular formula is C18H14O12. The Morgan fingerprint density at radius 3 is 1.00 bits per heavy atom. The van der Waals surface area contributed by atoms with Crippen LogP contribution in [0.5, 0.6) is 0 Å². The van der Waals surface area contributed by atoms with E-state index in [1.54, 1.807) is 0 Å². The zero-order chi connectivity index (χ0) is 23.2. The van der Waals surface area contributed by atoms with Gasteiger partial charge in [-0.2, -0.15) is 0 Å². The molecule has 4 N–H and O–H groups in total. The number of carboxylic acids is 4. The number of rotatable bonds is 10. The highest BCUT2D eigenvalue weighted by atomic mass is 16.5. The summed E-state index contributed by atoms with van der Waals surface area (Å²) in [7, 11) is 0. The summed E-state index contributed by atoms with van der Waals surface area (Å²) in [5, 5.41) is 37.7. The fraction of sp³-hybridized carbons (Fsp3) is 0.111. The van der Waals surface area contributed by atoms with Crippen molar-refractivity contribution in [3.05, 3.63) is 58.7 Å². The third kappa shape index (κ3) is 4.49. The van der Waals surface area contributed by atoms with Gasteiger partial charge in [0.2, 0.25) is 0 Å². The highest BCUT2D eigenvalue weighted by molar-refractivity contribution is 6.23. The van der Waals surface area contributed by atoms with Crippen LogP contribution in [0.15, 0.2) is 25.3 Å². The van der Waals surface area contributed by atoms with Crippen LogP contribution < -0.4 is 0 Å². The lowest BCUT2D eigenvalue weighted by Gasteiger charge is -2.18. The van der Waals surface area contributed by atoms with Gasteiger partial charge < -0.3 is 29.9 Å². The minimum Gasteiger partial charge on any atom is -0.478 e. The van der Waals surface area contributed by atoms with E-state index in [4.69, 9.17) is 0 Å². The van der Waals surface area contributed by atoms with E-state index in [0.29, 0.717) is 0 Å². The Kier molecular flexibility index (Phi) is 7.57. The molecule has 158 valence electrons. The van der Waals surface area contributed by atoms with E-state index in [1.165, 1.54) is 0 Å². The van der Waals surface area contributed by atoms with Crippen LogP contribution in [0.2, 0.25) is 0 Å². The average Bonchev–Trinajstić information content (AvgIpc) is 2.67. The SMILES string of the molecule is C=CCOC(=O)c1c(C(=O)O)c(C(=O)O)c(C(=O)O)c(C(=O)O)c1C(=O)OCC=C. The number of benzene rings is 1. The summed E-state index contributed by atoms with van der Waals surface area (Å²) in [4.78, 5) is 71.8. The van der Waals surface area contributed by atoms with E-state index < -0.39 is 82.4 Å². The number of carbonyl (C=O) groups excluding carboxylic acids is 2. The van der Waals surface area contributed by atoms with Gasteiger partial charge in [0.05, 0.1) is 33.4 Å². The van der Waals surface area contributed by atoms with Crippen LogP contribution in [0.3, 0.4) is 0 Å². The van der Waals surface area contributed by atoms with Gasteiger partial charge >= 0.3 is 35.8 Å². The first-order valence-corrected chi connectivity index (χ1v) is 7.74. The summed E-state index contributed by atoms with van der Waals surface area (Å²) >= 11 is 0. The monoisotopic (exact) mass is 422 g/mol. The largest absolute Gasteiger partial charge is 0.478 e. The number of ether oxygens (including phenoxy) is 2. The van der Waals surface area contributed by atoms with E-state index in [-0.39, 0.29) is 0 Å². The van der Waals surface area contributed by atoms with Crippen molar-refractivity contribution in [1.82, 2.24) is 0 Å². The smallest absolute Gasteiger partial charge is 0.340 e. The molecule has 0 spiro atoms. The molecule has 0 bridgehead atoms. The van der Waals surface area contributed by atoms with Gasteiger partial charge in [-0.15, -0.1) is 0 Å². The first-order valence-electron chi connectivity index (χ1n) is 7.74. The Morgan fingerprint density at radius 1 is 0.567 bits per heavy atom. The van der Waals surface area contributed by atoms with E-state index in [9.17, 15) is 49.2 Å². The van der Waals surface area contributed by atoms with Gasteiger partial charge in [-0.1, -0.05) is 25.3 Å². The Morgan fingerprint density at radius 2 is 0.800 bits per heavy atom. The summed E-state index contributed by atoms with van der Waals surface area (Å²) in [6.45, 7) is 5.45. The van der Waals surface area contributed by atoms with Crippen LogP contribution in [0, 0.1) is 0 Å².